The number of nitrogens with zero attached hydrogens (tertiary/aromatic N) is 2. The van der Waals surface area contributed by atoms with Gasteiger partial charge >= 0.3 is 0 Å². The molecule has 0 aliphatic carbocycles. The lowest BCUT2D eigenvalue weighted by Crippen LogP contribution is -2.40. The lowest BCUT2D eigenvalue weighted by atomic mass is 9.99. The summed E-state index contributed by atoms with van der Waals surface area (Å²) in [6, 6.07) is -0.489. The Hall–Kier alpha value is -1.40. The zero-order valence-electron chi connectivity index (χ0n) is 11.2. The highest BCUT2D eigenvalue weighted by molar-refractivity contribution is 5.94. The average molecular weight is 254 g/mol. The molecule has 102 valence electrons. The van der Waals surface area contributed by atoms with E-state index in [-0.39, 0.29) is 11.8 Å². The van der Waals surface area contributed by atoms with E-state index in [0.717, 1.165) is 6.42 Å². The molecule has 1 amide bonds. The van der Waals surface area contributed by atoms with Crippen molar-refractivity contribution >= 4 is 11.6 Å². The first-order chi connectivity index (χ1) is 8.58. The van der Waals surface area contributed by atoms with Crippen LogP contribution in [0.4, 0.5) is 5.69 Å². The highest BCUT2D eigenvalue weighted by Crippen LogP contribution is 2.10. The van der Waals surface area contributed by atoms with Gasteiger partial charge in [0.15, 0.2) is 0 Å². The molecule has 1 aromatic heterocycles. The van der Waals surface area contributed by atoms with Crippen LogP contribution in [0.25, 0.3) is 0 Å². The van der Waals surface area contributed by atoms with Crippen LogP contribution in [0.15, 0.2) is 12.4 Å². The van der Waals surface area contributed by atoms with Crippen LogP contribution in [0.1, 0.15) is 20.3 Å². The molecular weight excluding hydrogens is 232 g/mol. The number of ether oxygens (including phenoxy) is 1. The van der Waals surface area contributed by atoms with Crippen molar-refractivity contribution in [3.8, 4) is 0 Å². The number of hydrogen-bond acceptors (Lipinski definition) is 4. The molecule has 1 unspecified atom stereocenters. The molecule has 0 aliphatic heterocycles. The monoisotopic (exact) mass is 254 g/mol. The zero-order chi connectivity index (χ0) is 13.5. The number of aromatic nitrogens is 2. The number of amides is 1. The fraction of sp³-hybridized carbons (Fsp3) is 0.667. The Kier molecular flexibility index (Phi) is 5.80. The van der Waals surface area contributed by atoms with Gasteiger partial charge in [-0.2, -0.15) is 5.10 Å². The smallest absolute Gasteiger partial charge is 0.241 e. The minimum absolute atomic E-state index is 0.161. The molecule has 18 heavy (non-hydrogen) atoms. The molecule has 6 heteroatoms. The number of nitrogens with one attached hydrogen (secondary N) is 1. The van der Waals surface area contributed by atoms with Gasteiger partial charge in [0.05, 0.1) is 31.1 Å². The van der Waals surface area contributed by atoms with E-state index in [4.69, 9.17) is 10.5 Å². The molecule has 1 aromatic rings. The van der Waals surface area contributed by atoms with Crippen LogP contribution in [0.5, 0.6) is 0 Å². The maximum absolute atomic E-state index is 11.8. The molecule has 0 spiro atoms. The van der Waals surface area contributed by atoms with Crippen molar-refractivity contribution in [2.45, 2.75) is 32.9 Å². The van der Waals surface area contributed by atoms with E-state index in [1.807, 2.05) is 13.8 Å². The van der Waals surface area contributed by atoms with Crippen LogP contribution in [-0.2, 0) is 16.1 Å². The summed E-state index contributed by atoms with van der Waals surface area (Å²) >= 11 is 0. The van der Waals surface area contributed by atoms with Gasteiger partial charge in [-0.1, -0.05) is 20.3 Å². The number of carbonyl (C=O) groups excluding carboxylic acids is 1. The summed E-state index contributed by atoms with van der Waals surface area (Å²) < 4.78 is 6.67. The third-order valence-electron chi connectivity index (χ3n) is 2.99. The van der Waals surface area contributed by atoms with Gasteiger partial charge < -0.3 is 15.8 Å². The van der Waals surface area contributed by atoms with Crippen LogP contribution in [0, 0.1) is 5.92 Å². The minimum atomic E-state index is -0.489. The highest BCUT2D eigenvalue weighted by Gasteiger charge is 2.19. The maximum atomic E-state index is 11.8. The molecule has 3 N–H and O–H groups in total. The van der Waals surface area contributed by atoms with Gasteiger partial charge in [-0.05, 0) is 5.92 Å². The van der Waals surface area contributed by atoms with Crippen molar-refractivity contribution in [1.29, 1.82) is 0 Å². The Morgan fingerprint density at radius 1 is 1.67 bits per heavy atom. The molecule has 0 saturated carbocycles. The summed E-state index contributed by atoms with van der Waals surface area (Å²) in [4.78, 5) is 11.8. The van der Waals surface area contributed by atoms with Gasteiger partial charge in [-0.25, -0.2) is 0 Å². The van der Waals surface area contributed by atoms with Crippen molar-refractivity contribution in [2.24, 2.45) is 11.7 Å². The summed E-state index contributed by atoms with van der Waals surface area (Å²) in [5, 5.41) is 6.88. The molecule has 0 saturated heterocycles. The summed E-state index contributed by atoms with van der Waals surface area (Å²) in [6.07, 6.45) is 4.25. The average Bonchev–Trinajstić information content (AvgIpc) is 2.81. The van der Waals surface area contributed by atoms with Gasteiger partial charge in [0, 0.05) is 13.3 Å². The van der Waals surface area contributed by atoms with Gasteiger partial charge in [0.25, 0.3) is 0 Å². The highest BCUT2D eigenvalue weighted by atomic mass is 16.5. The zero-order valence-corrected chi connectivity index (χ0v) is 11.2. The molecule has 0 radical (unpaired) electrons. The molecule has 2 atom stereocenters. The Morgan fingerprint density at radius 3 is 3.00 bits per heavy atom. The van der Waals surface area contributed by atoms with Gasteiger partial charge in [-0.15, -0.1) is 0 Å². The lowest BCUT2D eigenvalue weighted by Gasteiger charge is -2.16. The second kappa shape index (κ2) is 7.13. The van der Waals surface area contributed by atoms with E-state index in [1.54, 1.807) is 24.2 Å². The summed E-state index contributed by atoms with van der Waals surface area (Å²) in [7, 11) is 1.64. The van der Waals surface area contributed by atoms with Crippen molar-refractivity contribution in [1.82, 2.24) is 9.78 Å². The standard InChI is InChI=1S/C12H22N4O2/c1-4-9(2)11(13)12(17)15-10-7-14-16(8-10)5-6-18-3/h7-9,11H,4-6,13H2,1-3H3,(H,15,17)/t9?,11-/m0/s1. The maximum Gasteiger partial charge on any atom is 0.241 e. The van der Waals surface area contributed by atoms with E-state index in [2.05, 4.69) is 10.4 Å². The number of methoxy groups -OCH3 is 1. The van der Waals surface area contributed by atoms with Crippen molar-refractivity contribution in [3.63, 3.8) is 0 Å². The first kappa shape index (κ1) is 14.7. The van der Waals surface area contributed by atoms with E-state index >= 15 is 0 Å². The molecule has 0 bridgehead atoms. The number of hydrogen-bond donors (Lipinski definition) is 2. The van der Waals surface area contributed by atoms with E-state index < -0.39 is 6.04 Å². The van der Waals surface area contributed by atoms with E-state index in [1.165, 1.54) is 0 Å². The van der Waals surface area contributed by atoms with Crippen molar-refractivity contribution in [2.75, 3.05) is 19.0 Å². The van der Waals surface area contributed by atoms with Crippen LogP contribution in [0.3, 0.4) is 0 Å². The fourth-order valence-electron chi connectivity index (χ4n) is 1.47. The Morgan fingerprint density at radius 2 is 2.39 bits per heavy atom. The number of carbonyl (C=O) groups is 1. The molecule has 1 heterocycles. The largest absolute Gasteiger partial charge is 0.383 e. The van der Waals surface area contributed by atoms with Crippen molar-refractivity contribution in [3.05, 3.63) is 12.4 Å². The first-order valence-electron chi connectivity index (χ1n) is 6.16. The normalized spacial score (nSPS) is 14.2. The van der Waals surface area contributed by atoms with E-state index in [9.17, 15) is 4.79 Å². The quantitative estimate of drug-likeness (QED) is 0.755. The van der Waals surface area contributed by atoms with Crippen LogP contribution >= 0.6 is 0 Å². The molecule has 1 rings (SSSR count). The minimum Gasteiger partial charge on any atom is -0.383 e. The Bertz CT molecular complexity index is 378. The number of rotatable bonds is 7. The Balaban J connectivity index is 2.51. The van der Waals surface area contributed by atoms with Gasteiger partial charge in [0.1, 0.15) is 0 Å². The van der Waals surface area contributed by atoms with Crippen LogP contribution < -0.4 is 11.1 Å². The molecule has 0 aromatic carbocycles. The first-order valence-corrected chi connectivity index (χ1v) is 6.16. The van der Waals surface area contributed by atoms with Gasteiger partial charge in [-0.3, -0.25) is 9.48 Å². The summed E-state index contributed by atoms with van der Waals surface area (Å²) in [5.74, 6) is -0.0100. The summed E-state index contributed by atoms with van der Waals surface area (Å²) in [6.45, 7) is 5.22. The second-order valence-electron chi connectivity index (χ2n) is 4.39. The SMILES string of the molecule is CCC(C)[C@H](N)C(=O)Nc1cnn(CCOC)c1. The molecule has 6 nitrogen and oxygen atoms in total. The molecule has 0 fully saturated rings. The van der Waals surface area contributed by atoms with Gasteiger partial charge in [0.2, 0.25) is 5.91 Å². The number of anilines is 1. The van der Waals surface area contributed by atoms with Crippen LogP contribution in [-0.4, -0.2) is 35.4 Å². The lowest BCUT2D eigenvalue weighted by molar-refractivity contribution is -0.118. The van der Waals surface area contributed by atoms with E-state index in [0.29, 0.717) is 18.8 Å². The molecule has 0 aliphatic rings. The fourth-order valence-corrected chi connectivity index (χ4v) is 1.47. The topological polar surface area (TPSA) is 82.2 Å². The molecular formula is C12H22N4O2. The van der Waals surface area contributed by atoms with Crippen molar-refractivity contribution < 1.29 is 9.53 Å². The predicted molar refractivity (Wildman–Crippen MR) is 70.2 cm³/mol. The second-order valence-corrected chi connectivity index (χ2v) is 4.39. The third kappa shape index (κ3) is 4.12. The third-order valence-corrected chi connectivity index (χ3v) is 2.99. The van der Waals surface area contributed by atoms with Crippen LogP contribution in [0.2, 0.25) is 0 Å². The Labute approximate surface area is 107 Å². The number of nitrogens with two attached hydrogens (primary N) is 1. The summed E-state index contributed by atoms with van der Waals surface area (Å²) in [5.41, 5.74) is 6.51. The predicted octanol–water partition coefficient (Wildman–Crippen LogP) is 0.841.